The maximum absolute atomic E-state index is 13.7. The van der Waals surface area contributed by atoms with Crippen LogP contribution in [-0.2, 0) is 6.18 Å². The van der Waals surface area contributed by atoms with E-state index in [4.69, 9.17) is 11.6 Å². The summed E-state index contributed by atoms with van der Waals surface area (Å²) in [6.07, 6.45) is 0.420. The van der Waals surface area contributed by atoms with Gasteiger partial charge in [0.1, 0.15) is 5.15 Å². The third-order valence-electron chi connectivity index (χ3n) is 5.18. The molecule has 1 aliphatic heterocycles. The average molecular weight is 427 g/mol. The van der Waals surface area contributed by atoms with Crippen LogP contribution in [0.2, 0.25) is 5.15 Å². The predicted molar refractivity (Wildman–Crippen MR) is 101 cm³/mol. The average Bonchev–Trinajstić information content (AvgIpc) is 3.40. The molecule has 3 aromatic rings. The number of rotatable bonds is 3. The molecule has 11 heteroatoms. The summed E-state index contributed by atoms with van der Waals surface area (Å²) in [5, 5.41) is 6.20. The van der Waals surface area contributed by atoms with E-state index in [0.29, 0.717) is 18.7 Å². The molecule has 0 saturated carbocycles. The van der Waals surface area contributed by atoms with Crippen LogP contribution in [0.15, 0.2) is 24.7 Å². The molecule has 0 aliphatic carbocycles. The standard InChI is InChI=1S/C18H18ClF3N6O/c1-26(2)12-3-4-27(9-12)17(29)14-15(19)28-8-10(11-6-23-24-7-11)5-13(16(28)25-14)18(20,21)22/h5-8,12H,3-4,9H2,1-2H3,(H,23,24). The Morgan fingerprint density at radius 2 is 2.10 bits per heavy atom. The van der Waals surface area contributed by atoms with E-state index in [1.165, 1.54) is 18.6 Å². The van der Waals surface area contributed by atoms with E-state index in [0.717, 1.165) is 16.9 Å². The van der Waals surface area contributed by atoms with Crippen LogP contribution in [0.1, 0.15) is 22.5 Å². The predicted octanol–water partition coefficient (Wildman–Crippen LogP) is 3.17. The molecular formula is C18H18ClF3N6O. The quantitative estimate of drug-likeness (QED) is 0.698. The number of imidazole rings is 1. The van der Waals surface area contributed by atoms with Gasteiger partial charge in [0.05, 0.1) is 11.8 Å². The number of pyridine rings is 1. The van der Waals surface area contributed by atoms with Gasteiger partial charge in [-0.05, 0) is 26.6 Å². The van der Waals surface area contributed by atoms with Crippen LogP contribution >= 0.6 is 11.6 Å². The van der Waals surface area contributed by atoms with Crippen molar-refractivity contribution in [3.63, 3.8) is 0 Å². The minimum Gasteiger partial charge on any atom is -0.336 e. The molecule has 0 spiro atoms. The van der Waals surface area contributed by atoms with E-state index in [1.54, 1.807) is 4.90 Å². The van der Waals surface area contributed by atoms with Gasteiger partial charge in [0.25, 0.3) is 5.91 Å². The molecule has 1 atom stereocenters. The number of likely N-dealkylation sites (tertiary alicyclic amines) is 1. The van der Waals surface area contributed by atoms with Gasteiger partial charge in [-0.25, -0.2) is 4.98 Å². The van der Waals surface area contributed by atoms with Crippen molar-refractivity contribution in [1.82, 2.24) is 29.4 Å². The summed E-state index contributed by atoms with van der Waals surface area (Å²) in [6, 6.07) is 1.17. The Hall–Kier alpha value is -2.59. The van der Waals surface area contributed by atoms with Crippen molar-refractivity contribution in [2.45, 2.75) is 18.6 Å². The van der Waals surface area contributed by atoms with Crippen LogP contribution in [0.5, 0.6) is 0 Å². The molecule has 0 aromatic carbocycles. The summed E-state index contributed by atoms with van der Waals surface area (Å²) in [7, 11) is 3.84. The Balaban J connectivity index is 1.81. The lowest BCUT2D eigenvalue weighted by Gasteiger charge is -2.19. The minimum absolute atomic E-state index is 0.144. The summed E-state index contributed by atoms with van der Waals surface area (Å²) in [5.74, 6) is -0.471. The molecule has 29 heavy (non-hydrogen) atoms. The summed E-state index contributed by atoms with van der Waals surface area (Å²) in [4.78, 5) is 20.5. The molecule has 1 amide bonds. The maximum atomic E-state index is 13.7. The summed E-state index contributed by atoms with van der Waals surface area (Å²) < 4.78 is 42.2. The molecule has 1 fully saturated rings. The Morgan fingerprint density at radius 3 is 2.69 bits per heavy atom. The third-order valence-corrected chi connectivity index (χ3v) is 5.54. The number of nitrogens with zero attached hydrogens (tertiary/aromatic N) is 5. The first-order valence-corrected chi connectivity index (χ1v) is 9.28. The molecule has 0 radical (unpaired) electrons. The van der Waals surface area contributed by atoms with Crippen LogP contribution in [0.3, 0.4) is 0 Å². The fraction of sp³-hybridized carbons (Fsp3) is 0.389. The highest BCUT2D eigenvalue weighted by Gasteiger charge is 2.37. The van der Waals surface area contributed by atoms with E-state index >= 15 is 0 Å². The van der Waals surface area contributed by atoms with Crippen LogP contribution < -0.4 is 0 Å². The molecule has 1 unspecified atom stereocenters. The van der Waals surface area contributed by atoms with Gasteiger partial charge < -0.3 is 9.80 Å². The zero-order chi connectivity index (χ0) is 20.9. The van der Waals surface area contributed by atoms with Crippen molar-refractivity contribution in [2.24, 2.45) is 0 Å². The van der Waals surface area contributed by atoms with E-state index in [-0.39, 0.29) is 22.5 Å². The maximum Gasteiger partial charge on any atom is 0.420 e. The zero-order valence-corrected chi connectivity index (χ0v) is 16.4. The molecular weight excluding hydrogens is 409 g/mol. The number of nitrogens with one attached hydrogen (secondary N) is 1. The van der Waals surface area contributed by atoms with Gasteiger partial charge in [0, 0.05) is 42.7 Å². The van der Waals surface area contributed by atoms with Crippen LogP contribution in [0.4, 0.5) is 13.2 Å². The van der Waals surface area contributed by atoms with Gasteiger partial charge in [-0.3, -0.25) is 14.3 Å². The minimum atomic E-state index is -4.67. The van der Waals surface area contributed by atoms with Crippen molar-refractivity contribution in [2.75, 3.05) is 27.2 Å². The fourth-order valence-electron chi connectivity index (χ4n) is 3.53. The van der Waals surface area contributed by atoms with Crippen molar-refractivity contribution < 1.29 is 18.0 Å². The summed E-state index contributed by atoms with van der Waals surface area (Å²) in [6.45, 7) is 0.973. The fourth-order valence-corrected chi connectivity index (χ4v) is 3.78. The lowest BCUT2D eigenvalue weighted by Crippen LogP contribution is -2.34. The third kappa shape index (κ3) is 3.46. The molecule has 0 bridgehead atoms. The highest BCUT2D eigenvalue weighted by atomic mass is 35.5. The Bertz CT molecular complexity index is 1060. The zero-order valence-electron chi connectivity index (χ0n) is 15.7. The number of alkyl halides is 3. The topological polar surface area (TPSA) is 69.5 Å². The Labute approximate surface area is 169 Å². The molecule has 7 nitrogen and oxygen atoms in total. The van der Waals surface area contributed by atoms with E-state index in [2.05, 4.69) is 15.2 Å². The van der Waals surface area contributed by atoms with Crippen molar-refractivity contribution >= 4 is 23.2 Å². The largest absolute Gasteiger partial charge is 0.420 e. The van der Waals surface area contributed by atoms with Gasteiger partial charge in [-0.2, -0.15) is 18.3 Å². The number of amides is 1. The van der Waals surface area contributed by atoms with Crippen molar-refractivity contribution in [3.05, 3.63) is 41.1 Å². The first kappa shape index (κ1) is 19.7. The number of hydrogen-bond donors (Lipinski definition) is 1. The number of halogens is 4. The van der Waals surface area contributed by atoms with Gasteiger partial charge >= 0.3 is 6.18 Å². The number of likely N-dealkylation sites (N-methyl/N-ethyl adjacent to an activating group) is 1. The molecule has 4 heterocycles. The second-order valence-corrected chi connectivity index (χ2v) is 7.59. The van der Waals surface area contributed by atoms with Crippen LogP contribution in [0, 0.1) is 0 Å². The van der Waals surface area contributed by atoms with Gasteiger partial charge in [-0.15, -0.1) is 0 Å². The number of aromatic amines is 1. The normalized spacial score (nSPS) is 17.6. The highest BCUT2D eigenvalue weighted by molar-refractivity contribution is 6.33. The highest BCUT2D eigenvalue weighted by Crippen LogP contribution is 2.37. The first-order valence-electron chi connectivity index (χ1n) is 8.90. The van der Waals surface area contributed by atoms with Gasteiger partial charge in [0.2, 0.25) is 0 Å². The number of aromatic nitrogens is 4. The van der Waals surface area contributed by atoms with Gasteiger partial charge in [0.15, 0.2) is 11.3 Å². The van der Waals surface area contributed by atoms with Crippen molar-refractivity contribution in [3.8, 4) is 11.1 Å². The first-order chi connectivity index (χ1) is 13.7. The second-order valence-electron chi connectivity index (χ2n) is 7.23. The van der Waals surface area contributed by atoms with E-state index < -0.39 is 23.3 Å². The van der Waals surface area contributed by atoms with Gasteiger partial charge in [-0.1, -0.05) is 11.6 Å². The SMILES string of the molecule is CN(C)C1CCN(C(=O)c2nc3c(C(F)(F)F)cc(-c4cn[nH]c4)cn3c2Cl)C1. The Morgan fingerprint density at radius 1 is 1.34 bits per heavy atom. The van der Waals surface area contributed by atoms with E-state index in [9.17, 15) is 18.0 Å². The lowest BCUT2D eigenvalue weighted by molar-refractivity contribution is -0.136. The lowest BCUT2D eigenvalue weighted by atomic mass is 10.1. The smallest absolute Gasteiger partial charge is 0.336 e. The second kappa shape index (κ2) is 7.03. The number of fused-ring (bicyclic) bond motifs is 1. The Kier molecular flexibility index (Phi) is 4.78. The molecule has 1 N–H and O–H groups in total. The number of carbonyl (C=O) groups excluding carboxylic acids is 1. The van der Waals surface area contributed by atoms with Crippen LogP contribution in [0.25, 0.3) is 16.8 Å². The molecule has 4 rings (SSSR count). The monoisotopic (exact) mass is 426 g/mol. The molecule has 1 saturated heterocycles. The van der Waals surface area contributed by atoms with E-state index in [1.807, 2.05) is 19.0 Å². The number of hydrogen-bond acceptors (Lipinski definition) is 4. The molecule has 154 valence electrons. The van der Waals surface area contributed by atoms with Crippen LogP contribution in [-0.4, -0.2) is 68.5 Å². The molecule has 1 aliphatic rings. The summed E-state index contributed by atoms with van der Waals surface area (Å²) >= 11 is 6.34. The number of carbonyl (C=O) groups is 1. The summed E-state index contributed by atoms with van der Waals surface area (Å²) in [5.41, 5.74) is -0.832. The van der Waals surface area contributed by atoms with Crippen molar-refractivity contribution in [1.29, 1.82) is 0 Å². The molecule has 3 aromatic heterocycles. The number of H-pyrrole nitrogens is 1.